The number of amides is 1. The van der Waals surface area contributed by atoms with Crippen molar-refractivity contribution in [3.8, 4) is 5.82 Å². The van der Waals surface area contributed by atoms with Crippen LogP contribution in [0.15, 0.2) is 34.0 Å². The average Bonchev–Trinajstić information content (AvgIpc) is 3.34. The highest BCUT2D eigenvalue weighted by Crippen LogP contribution is 2.17. The van der Waals surface area contributed by atoms with Crippen molar-refractivity contribution in [2.24, 2.45) is 5.10 Å². The van der Waals surface area contributed by atoms with Gasteiger partial charge in [0.15, 0.2) is 5.69 Å². The first kappa shape index (κ1) is 19.9. The van der Waals surface area contributed by atoms with E-state index in [0.29, 0.717) is 43.6 Å². The van der Waals surface area contributed by atoms with Crippen LogP contribution in [0.2, 0.25) is 5.02 Å². The number of benzene rings is 1. The second-order valence-electron chi connectivity index (χ2n) is 6.41. The maximum atomic E-state index is 12.9. The fourth-order valence-electron chi connectivity index (χ4n) is 2.91. The van der Waals surface area contributed by atoms with Crippen molar-refractivity contribution in [2.75, 3.05) is 32.0 Å². The van der Waals surface area contributed by atoms with Gasteiger partial charge in [0.25, 0.3) is 5.91 Å². The van der Waals surface area contributed by atoms with Gasteiger partial charge in [0, 0.05) is 24.7 Å². The maximum absolute atomic E-state index is 12.9. The summed E-state index contributed by atoms with van der Waals surface area (Å²) in [6.07, 6.45) is 1.48. The van der Waals surface area contributed by atoms with Crippen LogP contribution in [0.25, 0.3) is 5.82 Å². The third-order valence-corrected chi connectivity index (χ3v) is 4.59. The summed E-state index contributed by atoms with van der Waals surface area (Å²) in [5.74, 6) is -0.488. The molecule has 3 N–H and O–H groups in total. The number of nitrogens with zero attached hydrogens (tertiary/aromatic N) is 7. The van der Waals surface area contributed by atoms with Crippen molar-refractivity contribution in [1.29, 1.82) is 0 Å². The quantitative estimate of drug-likeness (QED) is 0.419. The molecule has 3 heterocycles. The maximum Gasteiger partial charge on any atom is 0.292 e. The van der Waals surface area contributed by atoms with Crippen molar-refractivity contribution in [2.45, 2.75) is 6.54 Å². The third kappa shape index (κ3) is 4.45. The van der Waals surface area contributed by atoms with Crippen LogP contribution in [-0.2, 0) is 11.3 Å². The largest absolute Gasteiger partial charge is 0.379 e. The van der Waals surface area contributed by atoms with E-state index in [9.17, 15) is 4.79 Å². The van der Waals surface area contributed by atoms with Gasteiger partial charge in [-0.15, -0.1) is 5.10 Å². The Morgan fingerprint density at radius 3 is 2.90 bits per heavy atom. The number of anilines is 1. The molecular formula is C17H18ClN9O3. The van der Waals surface area contributed by atoms with Gasteiger partial charge in [-0.05, 0) is 28.0 Å². The first-order chi connectivity index (χ1) is 14.6. The van der Waals surface area contributed by atoms with Crippen LogP contribution in [0, 0.1) is 0 Å². The number of rotatable bonds is 6. The molecule has 4 rings (SSSR count). The average molecular weight is 432 g/mol. The predicted molar refractivity (Wildman–Crippen MR) is 106 cm³/mol. The summed E-state index contributed by atoms with van der Waals surface area (Å²) in [5, 5.41) is 20.0. The Hall–Kier alpha value is -3.35. The third-order valence-electron chi connectivity index (χ3n) is 4.36. The second-order valence-corrected chi connectivity index (χ2v) is 6.85. The van der Waals surface area contributed by atoms with Crippen LogP contribution in [0.3, 0.4) is 0 Å². The number of carbonyl (C=O) groups is 1. The fraction of sp³-hybridized carbons (Fsp3) is 0.294. The van der Waals surface area contributed by atoms with E-state index in [-0.39, 0.29) is 17.3 Å². The summed E-state index contributed by atoms with van der Waals surface area (Å²) in [6.45, 7) is 3.05. The van der Waals surface area contributed by atoms with Gasteiger partial charge in [-0.3, -0.25) is 9.69 Å². The molecule has 1 aromatic carbocycles. The van der Waals surface area contributed by atoms with Gasteiger partial charge in [-0.1, -0.05) is 28.9 Å². The number of ether oxygens (including phenoxy) is 1. The number of nitrogens with two attached hydrogens (primary N) is 1. The molecule has 3 aromatic rings. The molecule has 1 aliphatic rings. The lowest BCUT2D eigenvalue weighted by Crippen LogP contribution is -2.36. The van der Waals surface area contributed by atoms with Gasteiger partial charge in [0.2, 0.25) is 11.6 Å². The minimum Gasteiger partial charge on any atom is -0.379 e. The smallest absolute Gasteiger partial charge is 0.292 e. The predicted octanol–water partition coefficient (Wildman–Crippen LogP) is 0.482. The number of hydrogen-bond donors (Lipinski definition) is 2. The summed E-state index contributed by atoms with van der Waals surface area (Å²) in [4.78, 5) is 15.0. The zero-order valence-electron chi connectivity index (χ0n) is 15.7. The van der Waals surface area contributed by atoms with Crippen LogP contribution in [0.1, 0.15) is 21.7 Å². The fourth-order valence-corrected chi connectivity index (χ4v) is 3.11. The van der Waals surface area contributed by atoms with Crippen molar-refractivity contribution in [3.05, 3.63) is 46.2 Å². The van der Waals surface area contributed by atoms with Crippen molar-refractivity contribution >= 4 is 29.5 Å². The standard InChI is InChI=1S/C17H18ClN9O3/c18-12-3-1-2-11(8-12)9-20-22-17(28)14-13(10-26-4-6-29-7-5-26)21-25-27(14)16-15(19)23-30-24-16/h1-3,8-9H,4-7,10H2,(H2,19,23)(H,22,28)/b20-9-. The number of halogens is 1. The summed E-state index contributed by atoms with van der Waals surface area (Å²) in [7, 11) is 0. The highest BCUT2D eigenvalue weighted by molar-refractivity contribution is 6.30. The highest BCUT2D eigenvalue weighted by atomic mass is 35.5. The van der Waals surface area contributed by atoms with E-state index in [1.165, 1.54) is 10.9 Å². The minimum absolute atomic E-state index is 0.0192. The van der Waals surface area contributed by atoms with Crippen LogP contribution >= 0.6 is 11.6 Å². The monoisotopic (exact) mass is 431 g/mol. The summed E-state index contributed by atoms with van der Waals surface area (Å²) >= 11 is 5.96. The van der Waals surface area contributed by atoms with E-state index in [0.717, 1.165) is 5.56 Å². The van der Waals surface area contributed by atoms with Gasteiger partial charge < -0.3 is 10.5 Å². The van der Waals surface area contributed by atoms with E-state index < -0.39 is 5.91 Å². The molecule has 0 radical (unpaired) electrons. The molecule has 0 bridgehead atoms. The molecule has 2 aromatic heterocycles. The lowest BCUT2D eigenvalue weighted by Gasteiger charge is -2.25. The summed E-state index contributed by atoms with van der Waals surface area (Å²) < 4.78 is 11.2. The number of carbonyl (C=O) groups excluding carboxylic acids is 1. The summed E-state index contributed by atoms with van der Waals surface area (Å²) in [5.41, 5.74) is 9.55. The molecule has 0 saturated carbocycles. The lowest BCUT2D eigenvalue weighted by molar-refractivity contribution is 0.0335. The van der Waals surface area contributed by atoms with Crippen molar-refractivity contribution in [3.63, 3.8) is 0 Å². The highest BCUT2D eigenvalue weighted by Gasteiger charge is 2.26. The summed E-state index contributed by atoms with van der Waals surface area (Å²) in [6, 6.07) is 7.05. The van der Waals surface area contributed by atoms with E-state index in [1.54, 1.807) is 24.3 Å². The van der Waals surface area contributed by atoms with Crippen LogP contribution in [-0.4, -0.2) is 68.6 Å². The number of hydrogen-bond acceptors (Lipinski definition) is 10. The zero-order valence-corrected chi connectivity index (χ0v) is 16.5. The van der Waals surface area contributed by atoms with E-state index in [1.807, 2.05) is 0 Å². The topological polar surface area (TPSA) is 150 Å². The Balaban J connectivity index is 1.59. The normalized spacial score (nSPS) is 15.0. The van der Waals surface area contributed by atoms with Gasteiger partial charge in [-0.2, -0.15) is 9.78 Å². The van der Waals surface area contributed by atoms with Crippen molar-refractivity contribution < 1.29 is 14.2 Å². The molecule has 1 amide bonds. The number of morpholine rings is 1. The van der Waals surface area contributed by atoms with Crippen LogP contribution < -0.4 is 11.2 Å². The number of hydrazone groups is 1. The molecule has 0 atom stereocenters. The number of aromatic nitrogens is 5. The molecule has 13 heteroatoms. The lowest BCUT2D eigenvalue weighted by atomic mass is 10.2. The molecule has 1 saturated heterocycles. The van der Waals surface area contributed by atoms with Gasteiger partial charge in [0.05, 0.1) is 19.4 Å². The molecule has 1 fully saturated rings. The van der Waals surface area contributed by atoms with E-state index in [2.05, 4.69) is 40.7 Å². The van der Waals surface area contributed by atoms with Crippen molar-refractivity contribution in [1.82, 2.24) is 35.6 Å². The Morgan fingerprint density at radius 2 is 2.17 bits per heavy atom. The molecule has 156 valence electrons. The molecule has 0 aliphatic carbocycles. The molecule has 0 spiro atoms. The first-order valence-corrected chi connectivity index (χ1v) is 9.41. The first-order valence-electron chi connectivity index (χ1n) is 9.04. The molecule has 30 heavy (non-hydrogen) atoms. The van der Waals surface area contributed by atoms with Gasteiger partial charge >= 0.3 is 0 Å². The molecular weight excluding hydrogens is 414 g/mol. The zero-order chi connectivity index (χ0) is 20.9. The minimum atomic E-state index is -0.538. The van der Waals surface area contributed by atoms with Crippen LogP contribution in [0.4, 0.5) is 5.82 Å². The SMILES string of the molecule is Nc1nonc1-n1nnc(CN2CCOCC2)c1C(=O)N/N=C\c1cccc(Cl)c1. The van der Waals surface area contributed by atoms with Gasteiger partial charge in [-0.25, -0.2) is 10.1 Å². The molecule has 12 nitrogen and oxygen atoms in total. The molecule has 0 unspecified atom stereocenters. The second kappa shape index (κ2) is 8.98. The Morgan fingerprint density at radius 1 is 1.33 bits per heavy atom. The number of nitrogens with one attached hydrogen (secondary N) is 1. The Bertz CT molecular complexity index is 1060. The van der Waals surface area contributed by atoms with Gasteiger partial charge in [0.1, 0.15) is 5.69 Å². The van der Waals surface area contributed by atoms with Crippen LogP contribution in [0.5, 0.6) is 0 Å². The van der Waals surface area contributed by atoms with E-state index in [4.69, 9.17) is 22.1 Å². The Labute approximate surface area is 175 Å². The van der Waals surface area contributed by atoms with E-state index >= 15 is 0 Å². The molecule has 1 aliphatic heterocycles. The number of nitrogen functional groups attached to an aromatic ring is 1. The Kier molecular flexibility index (Phi) is 5.97.